The zero-order valence-electron chi connectivity index (χ0n) is 17.2. The Morgan fingerprint density at radius 2 is 1.73 bits per heavy atom. The van der Waals surface area contributed by atoms with Gasteiger partial charge in [0, 0.05) is 23.8 Å². The van der Waals surface area contributed by atoms with E-state index in [1.54, 1.807) is 31.2 Å². The third-order valence-corrected chi connectivity index (χ3v) is 4.95. The Morgan fingerprint density at radius 3 is 2.43 bits per heavy atom. The predicted molar refractivity (Wildman–Crippen MR) is 112 cm³/mol. The van der Waals surface area contributed by atoms with Crippen molar-refractivity contribution in [2.24, 2.45) is 0 Å². The first-order chi connectivity index (χ1) is 14.2. The van der Waals surface area contributed by atoms with Gasteiger partial charge in [-0.1, -0.05) is 31.0 Å². The first-order valence-corrected chi connectivity index (χ1v) is 10.2. The average molecular weight is 432 g/mol. The van der Waals surface area contributed by atoms with Gasteiger partial charge in [0.15, 0.2) is 6.61 Å². The summed E-state index contributed by atoms with van der Waals surface area (Å²) in [6.45, 7) is 2.74. The Labute approximate surface area is 183 Å². The number of halogens is 1. The molecule has 30 heavy (non-hydrogen) atoms. The van der Waals surface area contributed by atoms with E-state index in [4.69, 9.17) is 9.47 Å². The molecule has 0 spiro atoms. The Hall–Kier alpha value is -2.57. The molecular formula is C23H28ClN2O4-. The fraction of sp³-hybridized carbons (Fsp3) is 0.391. The molecule has 0 atom stereocenters. The van der Waals surface area contributed by atoms with Crippen LogP contribution >= 0.6 is 0 Å². The number of carbonyl (C=O) groups is 2. The Bertz CT molecular complexity index is 820. The van der Waals surface area contributed by atoms with E-state index in [0.29, 0.717) is 29.6 Å². The van der Waals surface area contributed by atoms with Crippen LogP contribution in [0.15, 0.2) is 48.5 Å². The molecular weight excluding hydrogens is 404 g/mol. The summed E-state index contributed by atoms with van der Waals surface area (Å²) in [5.74, 6) is 0.0785. The summed E-state index contributed by atoms with van der Waals surface area (Å²) in [5.41, 5.74) is 2.10. The topological polar surface area (TPSA) is 76.7 Å². The van der Waals surface area contributed by atoms with Gasteiger partial charge in [-0.15, -0.1) is 0 Å². The SMILES string of the molecule is CCOC(=O)c1ccc(NC(=O)COc2ccccc2CNC2CCCC2)cc1.[Cl-]. The number of ether oxygens (including phenoxy) is 2. The number of anilines is 1. The van der Waals surface area contributed by atoms with E-state index in [1.165, 1.54) is 25.7 Å². The Morgan fingerprint density at radius 1 is 1.03 bits per heavy atom. The third kappa shape index (κ3) is 7.04. The molecule has 1 saturated carbocycles. The van der Waals surface area contributed by atoms with E-state index in [-0.39, 0.29) is 30.9 Å². The predicted octanol–water partition coefficient (Wildman–Crippen LogP) is 0.917. The molecule has 0 unspecified atom stereocenters. The van der Waals surface area contributed by atoms with Gasteiger partial charge < -0.3 is 32.5 Å². The van der Waals surface area contributed by atoms with Crippen LogP contribution in [0.1, 0.15) is 48.5 Å². The summed E-state index contributed by atoms with van der Waals surface area (Å²) in [6.07, 6.45) is 5.02. The Kier molecular flexibility index (Phi) is 9.64. The Balaban J connectivity index is 0.00000320. The molecule has 3 rings (SSSR count). The van der Waals surface area contributed by atoms with Crippen LogP contribution in [0.2, 0.25) is 0 Å². The molecule has 1 aliphatic rings. The minimum atomic E-state index is -0.378. The number of hydrogen-bond acceptors (Lipinski definition) is 5. The van der Waals surface area contributed by atoms with Gasteiger partial charge in [0.25, 0.3) is 5.91 Å². The van der Waals surface area contributed by atoms with Gasteiger partial charge in [-0.3, -0.25) is 4.79 Å². The first-order valence-electron chi connectivity index (χ1n) is 10.2. The van der Waals surface area contributed by atoms with Crippen molar-refractivity contribution >= 4 is 17.6 Å². The van der Waals surface area contributed by atoms with Crippen LogP contribution in [0.3, 0.4) is 0 Å². The lowest BCUT2D eigenvalue weighted by Gasteiger charge is -2.15. The molecule has 7 heteroatoms. The number of nitrogens with one attached hydrogen (secondary N) is 2. The number of benzene rings is 2. The highest BCUT2D eigenvalue weighted by Crippen LogP contribution is 2.21. The summed E-state index contributed by atoms with van der Waals surface area (Å²) in [7, 11) is 0. The molecule has 0 aromatic heterocycles. The summed E-state index contributed by atoms with van der Waals surface area (Å²) in [4.78, 5) is 23.9. The highest BCUT2D eigenvalue weighted by molar-refractivity contribution is 5.93. The van der Waals surface area contributed by atoms with Gasteiger partial charge in [0.1, 0.15) is 5.75 Å². The van der Waals surface area contributed by atoms with Crippen LogP contribution < -0.4 is 27.8 Å². The van der Waals surface area contributed by atoms with Crippen LogP contribution in [-0.2, 0) is 16.1 Å². The van der Waals surface area contributed by atoms with Gasteiger partial charge in [-0.2, -0.15) is 0 Å². The average Bonchev–Trinajstić information content (AvgIpc) is 3.26. The highest BCUT2D eigenvalue weighted by Gasteiger charge is 2.15. The van der Waals surface area contributed by atoms with Crippen molar-refractivity contribution in [3.63, 3.8) is 0 Å². The maximum atomic E-state index is 12.2. The van der Waals surface area contributed by atoms with E-state index in [9.17, 15) is 9.59 Å². The second kappa shape index (κ2) is 12.2. The number of esters is 1. The molecule has 0 bridgehead atoms. The molecule has 0 aliphatic heterocycles. The molecule has 0 saturated heterocycles. The third-order valence-electron chi connectivity index (χ3n) is 4.95. The minimum Gasteiger partial charge on any atom is -1.00 e. The number of hydrogen-bond donors (Lipinski definition) is 2. The van der Waals surface area contributed by atoms with Crippen molar-refractivity contribution in [3.05, 3.63) is 59.7 Å². The fourth-order valence-corrected chi connectivity index (χ4v) is 3.42. The van der Waals surface area contributed by atoms with Crippen LogP contribution in [0.4, 0.5) is 5.69 Å². The molecule has 2 aromatic rings. The second-order valence-electron chi connectivity index (χ2n) is 7.10. The van der Waals surface area contributed by atoms with E-state index < -0.39 is 0 Å². The minimum absolute atomic E-state index is 0. The quantitative estimate of drug-likeness (QED) is 0.577. The van der Waals surface area contributed by atoms with Crippen molar-refractivity contribution in [1.29, 1.82) is 0 Å². The first kappa shape index (κ1) is 23.7. The summed E-state index contributed by atoms with van der Waals surface area (Å²) >= 11 is 0. The van der Waals surface area contributed by atoms with E-state index in [1.807, 2.05) is 24.3 Å². The molecule has 0 radical (unpaired) electrons. The maximum Gasteiger partial charge on any atom is 0.338 e. The largest absolute Gasteiger partial charge is 1.00 e. The second-order valence-corrected chi connectivity index (χ2v) is 7.10. The molecule has 1 aliphatic carbocycles. The fourth-order valence-electron chi connectivity index (χ4n) is 3.42. The van der Waals surface area contributed by atoms with Gasteiger partial charge in [-0.25, -0.2) is 4.79 Å². The molecule has 0 heterocycles. The molecule has 2 N–H and O–H groups in total. The maximum absolute atomic E-state index is 12.2. The number of para-hydroxylation sites is 1. The molecule has 2 aromatic carbocycles. The lowest BCUT2D eigenvalue weighted by Crippen LogP contribution is -3.00. The van der Waals surface area contributed by atoms with Gasteiger partial charge in [-0.05, 0) is 50.1 Å². The zero-order chi connectivity index (χ0) is 20.5. The van der Waals surface area contributed by atoms with Crippen molar-refractivity contribution in [3.8, 4) is 5.75 Å². The van der Waals surface area contributed by atoms with Crippen molar-refractivity contribution < 1.29 is 31.5 Å². The van der Waals surface area contributed by atoms with Crippen molar-refractivity contribution in [2.75, 3.05) is 18.5 Å². The van der Waals surface area contributed by atoms with Crippen molar-refractivity contribution in [2.45, 2.75) is 45.2 Å². The summed E-state index contributed by atoms with van der Waals surface area (Å²) in [6, 6.07) is 14.9. The van der Waals surface area contributed by atoms with E-state index in [0.717, 1.165) is 12.1 Å². The molecule has 1 amide bonds. The molecule has 1 fully saturated rings. The van der Waals surface area contributed by atoms with Crippen LogP contribution in [0.25, 0.3) is 0 Å². The van der Waals surface area contributed by atoms with E-state index in [2.05, 4.69) is 10.6 Å². The van der Waals surface area contributed by atoms with E-state index >= 15 is 0 Å². The summed E-state index contributed by atoms with van der Waals surface area (Å²) in [5, 5.41) is 6.35. The zero-order valence-corrected chi connectivity index (χ0v) is 17.9. The normalized spacial score (nSPS) is 13.4. The lowest BCUT2D eigenvalue weighted by atomic mass is 10.1. The van der Waals surface area contributed by atoms with Gasteiger partial charge >= 0.3 is 5.97 Å². The van der Waals surface area contributed by atoms with Crippen LogP contribution in [0, 0.1) is 0 Å². The van der Waals surface area contributed by atoms with Crippen LogP contribution in [-0.4, -0.2) is 31.1 Å². The lowest BCUT2D eigenvalue weighted by molar-refractivity contribution is -0.118. The smallest absolute Gasteiger partial charge is 0.338 e. The standard InChI is InChI=1S/C23H28N2O4.ClH/c1-2-28-23(27)17-11-13-20(14-12-17)25-22(26)16-29-21-10-6-3-7-18(21)15-24-19-8-4-5-9-19;/h3,6-7,10-14,19,24H,2,4-5,8-9,15-16H2,1H3,(H,25,26);1H/p-1. The van der Waals surface area contributed by atoms with Crippen LogP contribution in [0.5, 0.6) is 5.75 Å². The number of rotatable bonds is 9. The van der Waals surface area contributed by atoms with Crippen molar-refractivity contribution in [1.82, 2.24) is 5.32 Å². The monoisotopic (exact) mass is 431 g/mol. The highest BCUT2D eigenvalue weighted by atomic mass is 35.5. The van der Waals surface area contributed by atoms with Gasteiger partial charge in [0.05, 0.1) is 12.2 Å². The number of carbonyl (C=O) groups excluding carboxylic acids is 2. The molecule has 162 valence electrons. The van der Waals surface area contributed by atoms with Gasteiger partial charge in [0.2, 0.25) is 0 Å². The summed E-state index contributed by atoms with van der Waals surface area (Å²) < 4.78 is 10.7. The molecule has 6 nitrogen and oxygen atoms in total. The number of amides is 1.